The summed E-state index contributed by atoms with van der Waals surface area (Å²) in [6.07, 6.45) is 0.381. The quantitative estimate of drug-likeness (QED) is 0.668. The fourth-order valence-corrected chi connectivity index (χ4v) is 4.50. The first-order valence-corrected chi connectivity index (χ1v) is 10.6. The molecule has 150 valence electrons. The molecule has 7 nitrogen and oxygen atoms in total. The van der Waals surface area contributed by atoms with Crippen LogP contribution in [0.15, 0.2) is 18.2 Å². The van der Waals surface area contributed by atoms with Crippen LogP contribution in [-0.2, 0) is 14.4 Å². The SMILES string of the molecule is CC[NH+](CC)CCN(C(=O)CN1C(=O)CCC1=O)c1nc2c(C)cccc2s1. The lowest BCUT2D eigenvalue weighted by Gasteiger charge is -2.24. The zero-order valence-electron chi connectivity index (χ0n) is 16.7. The van der Waals surface area contributed by atoms with E-state index in [1.165, 1.54) is 16.2 Å². The van der Waals surface area contributed by atoms with E-state index in [1.54, 1.807) is 4.90 Å². The van der Waals surface area contributed by atoms with Crippen LogP contribution in [0.1, 0.15) is 32.3 Å². The lowest BCUT2D eigenvalue weighted by Crippen LogP contribution is -3.12. The summed E-state index contributed by atoms with van der Waals surface area (Å²) in [5, 5.41) is 0.625. The molecule has 3 amide bonds. The van der Waals surface area contributed by atoms with Crippen molar-refractivity contribution in [3.63, 3.8) is 0 Å². The smallest absolute Gasteiger partial charge is 0.249 e. The largest absolute Gasteiger partial charge is 0.334 e. The van der Waals surface area contributed by atoms with Gasteiger partial charge in [-0.2, -0.15) is 0 Å². The number of nitrogens with zero attached hydrogens (tertiary/aromatic N) is 3. The van der Waals surface area contributed by atoms with Crippen molar-refractivity contribution in [2.45, 2.75) is 33.6 Å². The predicted molar refractivity (Wildman–Crippen MR) is 110 cm³/mol. The number of anilines is 1. The number of aryl methyl sites for hydroxylation is 1. The highest BCUT2D eigenvalue weighted by molar-refractivity contribution is 7.22. The normalized spacial score (nSPS) is 14.5. The van der Waals surface area contributed by atoms with E-state index in [-0.39, 0.29) is 37.1 Å². The first kappa shape index (κ1) is 20.4. The zero-order valence-corrected chi connectivity index (χ0v) is 17.5. The van der Waals surface area contributed by atoms with Gasteiger partial charge in [-0.15, -0.1) is 0 Å². The molecule has 0 unspecified atom stereocenters. The van der Waals surface area contributed by atoms with Gasteiger partial charge in [-0.3, -0.25) is 24.2 Å². The summed E-state index contributed by atoms with van der Waals surface area (Å²) >= 11 is 1.47. The molecule has 0 atom stereocenters. The van der Waals surface area contributed by atoms with Gasteiger partial charge in [0.15, 0.2) is 5.13 Å². The number of likely N-dealkylation sites (N-methyl/N-ethyl adjacent to an activating group) is 1. The molecule has 2 heterocycles. The second-order valence-corrected chi connectivity index (χ2v) is 8.05. The van der Waals surface area contributed by atoms with Crippen molar-refractivity contribution < 1.29 is 19.3 Å². The Morgan fingerprint density at radius 2 is 1.89 bits per heavy atom. The second kappa shape index (κ2) is 8.79. The molecule has 3 rings (SSSR count). The first-order chi connectivity index (χ1) is 13.4. The number of hydrogen-bond donors (Lipinski definition) is 1. The van der Waals surface area contributed by atoms with Crippen LogP contribution in [0.5, 0.6) is 0 Å². The van der Waals surface area contributed by atoms with Gasteiger partial charge in [-0.1, -0.05) is 23.5 Å². The zero-order chi connectivity index (χ0) is 20.3. The number of benzene rings is 1. The minimum absolute atomic E-state index is 0.191. The van der Waals surface area contributed by atoms with Crippen LogP contribution in [0, 0.1) is 6.92 Å². The van der Waals surface area contributed by atoms with Gasteiger partial charge < -0.3 is 4.90 Å². The third kappa shape index (κ3) is 4.23. The summed E-state index contributed by atoms with van der Waals surface area (Å²) in [7, 11) is 0. The maximum absolute atomic E-state index is 13.1. The number of aromatic nitrogens is 1. The number of amides is 3. The van der Waals surface area contributed by atoms with Crippen molar-refractivity contribution in [3.05, 3.63) is 23.8 Å². The Labute approximate surface area is 168 Å². The van der Waals surface area contributed by atoms with Crippen molar-refractivity contribution in [2.24, 2.45) is 0 Å². The molecule has 0 aliphatic carbocycles. The summed E-state index contributed by atoms with van der Waals surface area (Å²) in [5.74, 6) is -0.799. The third-order valence-electron chi connectivity index (χ3n) is 5.28. The predicted octanol–water partition coefficient (Wildman–Crippen LogP) is 1.01. The van der Waals surface area contributed by atoms with Gasteiger partial charge in [0.1, 0.15) is 6.54 Å². The van der Waals surface area contributed by atoms with Gasteiger partial charge in [0.25, 0.3) is 0 Å². The number of fused-ring (bicyclic) bond motifs is 1. The molecular weight excluding hydrogens is 376 g/mol. The monoisotopic (exact) mass is 403 g/mol. The minimum Gasteiger partial charge on any atom is -0.334 e. The molecule has 1 saturated heterocycles. The van der Waals surface area contributed by atoms with Crippen LogP contribution in [0.2, 0.25) is 0 Å². The summed E-state index contributed by atoms with van der Waals surface area (Å²) in [6.45, 7) is 9.27. The van der Waals surface area contributed by atoms with E-state index in [0.29, 0.717) is 11.7 Å². The fraction of sp³-hybridized carbons (Fsp3) is 0.500. The van der Waals surface area contributed by atoms with Gasteiger partial charge in [-0.25, -0.2) is 4.98 Å². The average Bonchev–Trinajstić information content (AvgIpc) is 3.24. The van der Waals surface area contributed by atoms with Gasteiger partial charge in [0.05, 0.1) is 36.4 Å². The average molecular weight is 404 g/mol. The van der Waals surface area contributed by atoms with Gasteiger partial charge in [0, 0.05) is 12.8 Å². The standard InChI is InChI=1S/C20H26N4O3S/c1-4-22(5-2)11-12-23(18(27)13-24-16(25)9-10-17(24)26)20-21-19-14(3)7-6-8-15(19)28-20/h6-8H,4-5,9-13H2,1-3H3/p+1. The number of nitrogens with one attached hydrogen (secondary N) is 1. The maximum Gasteiger partial charge on any atom is 0.249 e. The highest BCUT2D eigenvalue weighted by Crippen LogP contribution is 2.30. The number of rotatable bonds is 8. The summed E-state index contributed by atoms with van der Waals surface area (Å²) in [5.41, 5.74) is 1.95. The Bertz CT molecular complexity index is 875. The Balaban J connectivity index is 1.87. The van der Waals surface area contributed by atoms with Crippen molar-refractivity contribution in [3.8, 4) is 0 Å². The van der Waals surface area contributed by atoms with E-state index < -0.39 is 0 Å². The van der Waals surface area contributed by atoms with Gasteiger partial charge in [0.2, 0.25) is 17.7 Å². The molecule has 1 fully saturated rings. The highest BCUT2D eigenvalue weighted by Gasteiger charge is 2.33. The van der Waals surface area contributed by atoms with Gasteiger partial charge >= 0.3 is 0 Å². The summed E-state index contributed by atoms with van der Waals surface area (Å²) in [4.78, 5) is 45.8. The van der Waals surface area contributed by atoms with Crippen LogP contribution in [0.3, 0.4) is 0 Å². The van der Waals surface area contributed by atoms with E-state index in [1.807, 2.05) is 25.1 Å². The number of carbonyl (C=O) groups is 3. The lowest BCUT2D eigenvalue weighted by molar-refractivity contribution is -0.894. The van der Waals surface area contributed by atoms with Gasteiger partial charge in [-0.05, 0) is 32.4 Å². The van der Waals surface area contributed by atoms with Crippen molar-refractivity contribution in [1.29, 1.82) is 0 Å². The van der Waals surface area contributed by atoms with Crippen molar-refractivity contribution in [2.75, 3.05) is 37.6 Å². The highest BCUT2D eigenvalue weighted by atomic mass is 32.1. The van der Waals surface area contributed by atoms with Crippen LogP contribution >= 0.6 is 11.3 Å². The molecule has 0 bridgehead atoms. The molecule has 8 heteroatoms. The topological polar surface area (TPSA) is 75.0 Å². The second-order valence-electron chi connectivity index (χ2n) is 7.04. The number of carbonyl (C=O) groups excluding carboxylic acids is 3. The van der Waals surface area contributed by atoms with E-state index in [9.17, 15) is 14.4 Å². The number of hydrogen-bond acceptors (Lipinski definition) is 5. The number of likely N-dealkylation sites (tertiary alicyclic amines) is 1. The molecule has 1 N–H and O–H groups in total. The van der Waals surface area contributed by atoms with Crippen molar-refractivity contribution in [1.82, 2.24) is 9.88 Å². The lowest BCUT2D eigenvalue weighted by atomic mass is 10.2. The fourth-order valence-electron chi connectivity index (χ4n) is 3.41. The molecule has 0 spiro atoms. The maximum atomic E-state index is 13.1. The Morgan fingerprint density at radius 3 is 2.50 bits per heavy atom. The molecule has 0 radical (unpaired) electrons. The number of para-hydroxylation sites is 1. The number of imide groups is 1. The number of quaternary nitrogens is 1. The minimum atomic E-state index is -0.271. The van der Waals surface area contributed by atoms with E-state index in [0.717, 1.165) is 40.3 Å². The summed E-state index contributed by atoms with van der Waals surface area (Å²) in [6, 6.07) is 5.97. The molecule has 1 aliphatic rings. The van der Waals surface area contributed by atoms with E-state index in [4.69, 9.17) is 4.98 Å². The molecule has 1 aromatic carbocycles. The van der Waals surface area contributed by atoms with E-state index in [2.05, 4.69) is 13.8 Å². The van der Waals surface area contributed by atoms with Crippen LogP contribution in [-0.4, -0.2) is 60.3 Å². The third-order valence-corrected chi connectivity index (χ3v) is 6.32. The Kier molecular flexibility index (Phi) is 6.41. The molecule has 0 saturated carbocycles. The van der Waals surface area contributed by atoms with Crippen LogP contribution in [0.25, 0.3) is 10.2 Å². The Morgan fingerprint density at radius 1 is 1.21 bits per heavy atom. The molecular formula is C20H27N4O3S+. The molecule has 28 heavy (non-hydrogen) atoms. The molecule has 2 aromatic rings. The number of thiazole rings is 1. The first-order valence-electron chi connectivity index (χ1n) is 9.77. The molecule has 1 aromatic heterocycles. The summed E-state index contributed by atoms with van der Waals surface area (Å²) < 4.78 is 1.02. The molecule has 1 aliphatic heterocycles. The van der Waals surface area contributed by atoms with Crippen LogP contribution < -0.4 is 9.80 Å². The van der Waals surface area contributed by atoms with E-state index >= 15 is 0 Å². The Hall–Kier alpha value is -2.32. The van der Waals surface area contributed by atoms with Crippen molar-refractivity contribution >= 4 is 44.4 Å². The van der Waals surface area contributed by atoms with Crippen LogP contribution in [0.4, 0.5) is 5.13 Å².